The maximum absolute atomic E-state index is 5.79. The van der Waals surface area contributed by atoms with Gasteiger partial charge in [-0.25, -0.2) is 4.98 Å². The Balaban J connectivity index is 1.63. The highest BCUT2D eigenvalue weighted by atomic mass is 16.5. The monoisotopic (exact) mass is 330 g/mol. The van der Waals surface area contributed by atoms with E-state index in [-0.39, 0.29) is 0 Å². The van der Waals surface area contributed by atoms with Crippen LogP contribution in [0.5, 0.6) is 0 Å². The van der Waals surface area contributed by atoms with Crippen molar-refractivity contribution < 1.29 is 9.26 Å². The predicted octanol–water partition coefficient (Wildman–Crippen LogP) is 3.34. The van der Waals surface area contributed by atoms with Crippen molar-refractivity contribution in [3.05, 3.63) is 24.2 Å². The molecule has 1 aliphatic rings. The molecule has 1 saturated heterocycles. The lowest BCUT2D eigenvalue weighted by molar-refractivity contribution is 0.0215. The molecule has 24 heavy (non-hydrogen) atoms. The maximum Gasteiger partial charge on any atom is 0.259 e. The number of anilines is 1. The van der Waals surface area contributed by atoms with Gasteiger partial charge < -0.3 is 14.2 Å². The summed E-state index contributed by atoms with van der Waals surface area (Å²) in [5.74, 6) is 2.71. The van der Waals surface area contributed by atoms with Gasteiger partial charge in [-0.15, -0.1) is 0 Å². The van der Waals surface area contributed by atoms with Gasteiger partial charge in [0.15, 0.2) is 5.82 Å². The van der Waals surface area contributed by atoms with Crippen LogP contribution in [0.1, 0.15) is 38.9 Å². The van der Waals surface area contributed by atoms with E-state index >= 15 is 0 Å². The van der Waals surface area contributed by atoms with Crippen LogP contribution in [-0.2, 0) is 11.2 Å². The zero-order valence-corrected chi connectivity index (χ0v) is 14.7. The predicted molar refractivity (Wildman–Crippen MR) is 92.9 cm³/mol. The summed E-state index contributed by atoms with van der Waals surface area (Å²) in [5, 5.41) is 4.03. The largest absolute Gasteiger partial charge is 0.376 e. The second kappa shape index (κ2) is 7.75. The smallest absolute Gasteiger partial charge is 0.259 e. The van der Waals surface area contributed by atoms with Crippen LogP contribution in [0.2, 0.25) is 0 Å². The van der Waals surface area contributed by atoms with Gasteiger partial charge in [-0.3, -0.25) is 0 Å². The molecule has 0 unspecified atom stereocenters. The molecule has 0 saturated carbocycles. The minimum absolute atomic E-state index is 0.305. The number of likely N-dealkylation sites (N-methyl/N-ethyl adjacent to an activating group) is 1. The van der Waals surface area contributed by atoms with E-state index in [2.05, 4.69) is 33.9 Å². The molecule has 1 aliphatic heterocycles. The van der Waals surface area contributed by atoms with E-state index in [4.69, 9.17) is 9.26 Å². The molecule has 0 aliphatic carbocycles. The highest BCUT2D eigenvalue weighted by Crippen LogP contribution is 2.21. The van der Waals surface area contributed by atoms with Crippen LogP contribution < -0.4 is 4.90 Å². The van der Waals surface area contributed by atoms with Crippen LogP contribution in [0.25, 0.3) is 11.5 Å². The first kappa shape index (κ1) is 16.9. The van der Waals surface area contributed by atoms with Gasteiger partial charge in [0.05, 0.1) is 11.7 Å². The first-order chi connectivity index (χ1) is 11.6. The van der Waals surface area contributed by atoms with E-state index in [1.165, 1.54) is 12.8 Å². The fraction of sp³-hybridized carbons (Fsp3) is 0.611. The molecular formula is C18H26N4O2. The molecule has 1 atom stereocenters. The summed E-state index contributed by atoms with van der Waals surface area (Å²) in [6.45, 7) is 6.02. The Morgan fingerprint density at radius 1 is 1.29 bits per heavy atom. The van der Waals surface area contributed by atoms with Crippen molar-refractivity contribution in [1.82, 2.24) is 15.1 Å². The molecule has 3 rings (SSSR count). The van der Waals surface area contributed by atoms with Crippen molar-refractivity contribution >= 4 is 5.82 Å². The number of rotatable bonds is 6. The molecule has 130 valence electrons. The van der Waals surface area contributed by atoms with Gasteiger partial charge in [-0.05, 0) is 37.3 Å². The first-order valence-electron chi connectivity index (χ1n) is 8.73. The number of hydrogen-bond donors (Lipinski definition) is 0. The molecule has 0 radical (unpaired) electrons. The van der Waals surface area contributed by atoms with Gasteiger partial charge in [-0.2, -0.15) is 4.98 Å². The molecule has 0 aromatic carbocycles. The number of hydrogen-bond acceptors (Lipinski definition) is 6. The Morgan fingerprint density at radius 2 is 2.17 bits per heavy atom. The van der Waals surface area contributed by atoms with E-state index in [0.717, 1.165) is 43.2 Å². The van der Waals surface area contributed by atoms with Gasteiger partial charge in [0.25, 0.3) is 5.89 Å². The van der Waals surface area contributed by atoms with E-state index < -0.39 is 0 Å². The highest BCUT2D eigenvalue weighted by Gasteiger charge is 2.17. The normalized spacial score (nSPS) is 18.1. The van der Waals surface area contributed by atoms with Gasteiger partial charge in [-0.1, -0.05) is 19.0 Å². The van der Waals surface area contributed by atoms with Crippen molar-refractivity contribution in [2.24, 2.45) is 5.92 Å². The van der Waals surface area contributed by atoms with Crippen molar-refractivity contribution in [2.45, 2.75) is 45.6 Å². The van der Waals surface area contributed by atoms with Crippen molar-refractivity contribution in [2.75, 3.05) is 25.1 Å². The number of pyridine rings is 1. The van der Waals surface area contributed by atoms with Crippen LogP contribution in [0.3, 0.4) is 0 Å². The summed E-state index contributed by atoms with van der Waals surface area (Å²) >= 11 is 0. The SMILES string of the molecule is CC(C)Cc1noc(-c2ccc(N(C)C[C@@H]3CCCCO3)nc2)n1. The molecule has 6 heteroatoms. The van der Waals surface area contributed by atoms with Gasteiger partial charge >= 0.3 is 0 Å². The maximum atomic E-state index is 5.79. The molecule has 1 fully saturated rings. The Morgan fingerprint density at radius 3 is 2.83 bits per heavy atom. The fourth-order valence-electron chi connectivity index (χ4n) is 2.91. The molecular weight excluding hydrogens is 304 g/mol. The van der Waals surface area contributed by atoms with E-state index in [1.54, 1.807) is 6.20 Å². The van der Waals surface area contributed by atoms with Gasteiger partial charge in [0.2, 0.25) is 0 Å². The number of ether oxygens (including phenoxy) is 1. The minimum atomic E-state index is 0.305. The fourth-order valence-corrected chi connectivity index (χ4v) is 2.91. The topological polar surface area (TPSA) is 64.3 Å². The van der Waals surface area contributed by atoms with Crippen molar-refractivity contribution in [1.29, 1.82) is 0 Å². The van der Waals surface area contributed by atoms with Crippen LogP contribution in [0.15, 0.2) is 22.9 Å². The van der Waals surface area contributed by atoms with Gasteiger partial charge in [0.1, 0.15) is 5.82 Å². The van der Waals surface area contributed by atoms with Crippen molar-refractivity contribution in [3.63, 3.8) is 0 Å². The van der Waals surface area contributed by atoms with Crippen LogP contribution in [0.4, 0.5) is 5.82 Å². The van der Waals surface area contributed by atoms with Crippen LogP contribution in [-0.4, -0.2) is 41.4 Å². The third-order valence-corrected chi connectivity index (χ3v) is 4.20. The Bertz CT molecular complexity index is 633. The summed E-state index contributed by atoms with van der Waals surface area (Å²) in [6.07, 6.45) is 6.47. The summed E-state index contributed by atoms with van der Waals surface area (Å²) in [6, 6.07) is 3.97. The molecule has 6 nitrogen and oxygen atoms in total. The van der Waals surface area contributed by atoms with Crippen molar-refractivity contribution in [3.8, 4) is 11.5 Å². The molecule has 3 heterocycles. The molecule has 0 amide bonds. The second-order valence-corrected chi connectivity index (χ2v) is 6.89. The Hall–Kier alpha value is -1.95. The lowest BCUT2D eigenvalue weighted by Gasteiger charge is -2.28. The molecule has 0 bridgehead atoms. The molecule has 2 aromatic heterocycles. The Kier molecular flexibility index (Phi) is 5.45. The summed E-state index contributed by atoms with van der Waals surface area (Å²) < 4.78 is 11.1. The zero-order chi connectivity index (χ0) is 16.9. The van der Waals surface area contributed by atoms with E-state index in [1.807, 2.05) is 19.2 Å². The molecule has 0 N–H and O–H groups in total. The zero-order valence-electron chi connectivity index (χ0n) is 14.7. The number of aromatic nitrogens is 3. The average Bonchev–Trinajstić information content (AvgIpc) is 3.03. The summed E-state index contributed by atoms with van der Waals surface area (Å²) in [7, 11) is 2.05. The quantitative estimate of drug-likeness (QED) is 0.809. The Labute approximate surface area is 143 Å². The van der Waals surface area contributed by atoms with E-state index in [0.29, 0.717) is 17.9 Å². The minimum Gasteiger partial charge on any atom is -0.376 e. The average molecular weight is 330 g/mol. The third-order valence-electron chi connectivity index (χ3n) is 4.20. The van der Waals surface area contributed by atoms with E-state index in [9.17, 15) is 0 Å². The lowest BCUT2D eigenvalue weighted by atomic mass is 10.1. The standard InChI is InChI=1S/C18H26N4O2/c1-13(2)10-16-20-18(24-21-16)14-7-8-17(19-11-14)22(3)12-15-6-4-5-9-23-15/h7-8,11,13,15H,4-6,9-10,12H2,1-3H3/t15-/m0/s1. The third kappa shape index (κ3) is 4.32. The van der Waals surface area contributed by atoms with Gasteiger partial charge in [0, 0.05) is 32.8 Å². The van der Waals surface area contributed by atoms with Crippen LogP contribution >= 0.6 is 0 Å². The summed E-state index contributed by atoms with van der Waals surface area (Å²) in [4.78, 5) is 11.1. The summed E-state index contributed by atoms with van der Waals surface area (Å²) in [5.41, 5.74) is 0.851. The molecule has 2 aromatic rings. The lowest BCUT2D eigenvalue weighted by Crippen LogP contribution is -2.33. The molecule has 0 spiro atoms. The van der Waals surface area contributed by atoms with Crippen LogP contribution in [0, 0.1) is 5.92 Å². The second-order valence-electron chi connectivity index (χ2n) is 6.89. The highest BCUT2D eigenvalue weighted by molar-refractivity contribution is 5.54. The number of nitrogens with zero attached hydrogens (tertiary/aromatic N) is 4. The first-order valence-corrected chi connectivity index (χ1v) is 8.73.